The fourth-order valence-electron chi connectivity index (χ4n) is 3.07. The van der Waals surface area contributed by atoms with Gasteiger partial charge in [-0.15, -0.1) is 22.7 Å². The van der Waals surface area contributed by atoms with Gasteiger partial charge in [-0.3, -0.25) is 9.59 Å². The third-order valence-corrected chi connectivity index (χ3v) is 7.57. The van der Waals surface area contributed by atoms with Gasteiger partial charge in [0.25, 0.3) is 11.8 Å². The topological polar surface area (TPSA) is 73.2 Å². The van der Waals surface area contributed by atoms with Crippen LogP contribution in [0.2, 0.25) is 5.02 Å². The second-order valence-corrected chi connectivity index (χ2v) is 9.00. The first kappa shape index (κ1) is 21.3. The number of benzene rings is 1. The number of aryl methyl sites for hydroxylation is 1. The summed E-state index contributed by atoms with van der Waals surface area (Å²) in [6.07, 6.45) is 0. The largest absolute Gasteiger partial charge is 0.338 e. The lowest BCUT2D eigenvalue weighted by molar-refractivity contribution is 0.0777. The van der Waals surface area contributed by atoms with Crippen LogP contribution in [0.15, 0.2) is 18.2 Å². The Morgan fingerprint density at radius 3 is 2.48 bits per heavy atom. The molecule has 1 N–H and O–H groups in total. The lowest BCUT2D eigenvalue weighted by atomic mass is 10.1. The Balaban J connectivity index is 1.97. The van der Waals surface area contributed by atoms with Crippen LogP contribution in [0.5, 0.6) is 0 Å². The maximum absolute atomic E-state index is 12.9. The Bertz CT molecular complexity index is 1150. The van der Waals surface area contributed by atoms with Gasteiger partial charge in [0.05, 0.1) is 15.5 Å². The molecule has 2 aromatic heterocycles. The van der Waals surface area contributed by atoms with Crippen LogP contribution in [-0.4, -0.2) is 29.8 Å². The number of carbonyl (C=O) groups is 2. The van der Waals surface area contributed by atoms with E-state index in [-0.39, 0.29) is 11.8 Å². The van der Waals surface area contributed by atoms with E-state index in [9.17, 15) is 14.9 Å². The van der Waals surface area contributed by atoms with Crippen molar-refractivity contribution in [3.63, 3.8) is 0 Å². The fraction of sp³-hybridized carbons (Fsp3) is 0.286. The lowest BCUT2D eigenvalue weighted by Crippen LogP contribution is -2.30. The SMILES string of the molecule is CCN(CC)C(=O)c1sc(NC(=O)c2sc3cc(C)ccc3c2Cl)c(C#N)c1C. The Kier molecular flexibility index (Phi) is 6.27. The van der Waals surface area contributed by atoms with E-state index in [1.54, 1.807) is 11.8 Å². The average molecular weight is 446 g/mol. The highest BCUT2D eigenvalue weighted by atomic mass is 35.5. The zero-order chi connectivity index (χ0) is 21.3. The van der Waals surface area contributed by atoms with Gasteiger partial charge in [0.15, 0.2) is 0 Å². The predicted molar refractivity (Wildman–Crippen MR) is 121 cm³/mol. The monoisotopic (exact) mass is 445 g/mol. The van der Waals surface area contributed by atoms with Crippen molar-refractivity contribution in [1.82, 2.24) is 4.90 Å². The minimum Gasteiger partial charge on any atom is -0.338 e. The normalized spacial score (nSPS) is 10.8. The van der Waals surface area contributed by atoms with Gasteiger partial charge >= 0.3 is 0 Å². The standard InChI is InChI=1S/C21H20ClN3O2S2/c1-5-25(6-2)21(27)17-12(4)14(10-23)20(29-17)24-19(26)18-16(22)13-8-7-11(3)9-15(13)28-18/h7-9H,5-6H2,1-4H3,(H,24,26). The molecule has 1 aromatic carbocycles. The Labute approximate surface area is 182 Å². The fourth-order valence-corrected chi connectivity index (χ4v) is 5.70. The molecule has 0 atom stereocenters. The summed E-state index contributed by atoms with van der Waals surface area (Å²) in [5, 5.41) is 14.0. The van der Waals surface area contributed by atoms with Crippen molar-refractivity contribution in [1.29, 1.82) is 5.26 Å². The summed E-state index contributed by atoms with van der Waals surface area (Å²) < 4.78 is 0.931. The number of anilines is 1. The second-order valence-electron chi connectivity index (χ2n) is 6.55. The molecule has 0 saturated heterocycles. The molecule has 5 nitrogen and oxygen atoms in total. The summed E-state index contributed by atoms with van der Waals surface area (Å²) in [5.41, 5.74) is 1.98. The third-order valence-electron chi connectivity index (χ3n) is 4.72. The van der Waals surface area contributed by atoms with Gasteiger partial charge in [-0.2, -0.15) is 5.26 Å². The lowest BCUT2D eigenvalue weighted by Gasteiger charge is -2.17. The van der Waals surface area contributed by atoms with Crippen LogP contribution in [-0.2, 0) is 0 Å². The molecule has 0 aliphatic carbocycles. The molecule has 3 aromatic rings. The summed E-state index contributed by atoms with van der Waals surface area (Å²) in [4.78, 5) is 28.2. The molecule has 2 heterocycles. The number of nitrogens with zero attached hydrogens (tertiary/aromatic N) is 2. The Morgan fingerprint density at radius 1 is 1.17 bits per heavy atom. The molecule has 0 spiro atoms. The molecule has 0 fully saturated rings. The number of hydrogen-bond donors (Lipinski definition) is 1. The van der Waals surface area contributed by atoms with E-state index in [4.69, 9.17) is 11.6 Å². The molecule has 0 radical (unpaired) electrons. The minimum atomic E-state index is -0.381. The number of hydrogen-bond acceptors (Lipinski definition) is 5. The van der Waals surface area contributed by atoms with Crippen LogP contribution in [0.1, 0.15) is 49.9 Å². The number of thiophene rings is 2. The van der Waals surface area contributed by atoms with Crippen molar-refractivity contribution in [2.24, 2.45) is 0 Å². The second kappa shape index (κ2) is 8.54. The zero-order valence-electron chi connectivity index (χ0n) is 16.6. The summed E-state index contributed by atoms with van der Waals surface area (Å²) >= 11 is 8.88. The number of nitriles is 1. The first-order valence-electron chi connectivity index (χ1n) is 9.15. The number of rotatable bonds is 5. The minimum absolute atomic E-state index is 0.134. The molecule has 0 saturated carbocycles. The molecular formula is C21H20ClN3O2S2. The molecule has 2 amide bonds. The van der Waals surface area contributed by atoms with E-state index in [1.807, 2.05) is 39.0 Å². The molecule has 3 rings (SSSR count). The van der Waals surface area contributed by atoms with Gasteiger partial charge in [0.1, 0.15) is 15.9 Å². The van der Waals surface area contributed by atoms with Crippen molar-refractivity contribution in [2.75, 3.05) is 18.4 Å². The summed E-state index contributed by atoms with van der Waals surface area (Å²) in [6, 6.07) is 7.95. The van der Waals surface area contributed by atoms with Gasteiger partial charge in [-0.25, -0.2) is 0 Å². The van der Waals surface area contributed by atoms with Crippen LogP contribution in [0, 0.1) is 25.2 Å². The van der Waals surface area contributed by atoms with Crippen LogP contribution in [0.3, 0.4) is 0 Å². The van der Waals surface area contributed by atoms with Gasteiger partial charge in [-0.05, 0) is 44.9 Å². The molecule has 0 aliphatic rings. The highest BCUT2D eigenvalue weighted by molar-refractivity contribution is 7.22. The average Bonchev–Trinajstić information content (AvgIpc) is 3.18. The van der Waals surface area contributed by atoms with E-state index in [0.29, 0.717) is 44.0 Å². The van der Waals surface area contributed by atoms with Crippen LogP contribution in [0.4, 0.5) is 5.00 Å². The van der Waals surface area contributed by atoms with Crippen LogP contribution >= 0.6 is 34.3 Å². The maximum Gasteiger partial charge on any atom is 0.267 e. The molecule has 0 unspecified atom stereocenters. The van der Waals surface area contributed by atoms with E-state index in [0.717, 1.165) is 27.0 Å². The highest BCUT2D eigenvalue weighted by Crippen LogP contribution is 2.38. The van der Waals surface area contributed by atoms with Crippen molar-refractivity contribution in [3.05, 3.63) is 49.7 Å². The van der Waals surface area contributed by atoms with Gasteiger partial charge < -0.3 is 10.2 Å². The van der Waals surface area contributed by atoms with Gasteiger partial charge in [-0.1, -0.05) is 23.7 Å². The number of fused-ring (bicyclic) bond motifs is 1. The van der Waals surface area contributed by atoms with Crippen molar-refractivity contribution in [2.45, 2.75) is 27.7 Å². The number of amides is 2. The van der Waals surface area contributed by atoms with Crippen molar-refractivity contribution < 1.29 is 9.59 Å². The molecule has 0 bridgehead atoms. The smallest absolute Gasteiger partial charge is 0.267 e. The predicted octanol–water partition coefficient (Wildman–Crippen LogP) is 5.84. The van der Waals surface area contributed by atoms with Crippen LogP contribution in [0.25, 0.3) is 10.1 Å². The molecule has 150 valence electrons. The van der Waals surface area contributed by atoms with E-state index >= 15 is 0 Å². The Morgan fingerprint density at radius 2 is 1.86 bits per heavy atom. The third kappa shape index (κ3) is 3.88. The quantitative estimate of drug-likeness (QED) is 0.536. The first-order valence-corrected chi connectivity index (χ1v) is 11.2. The van der Waals surface area contributed by atoms with E-state index in [1.165, 1.54) is 11.3 Å². The van der Waals surface area contributed by atoms with Crippen molar-refractivity contribution in [3.8, 4) is 6.07 Å². The Hall–Kier alpha value is -2.40. The number of halogens is 1. The summed E-state index contributed by atoms with van der Waals surface area (Å²) in [5.74, 6) is -0.515. The molecule has 0 aliphatic heterocycles. The van der Waals surface area contributed by atoms with E-state index in [2.05, 4.69) is 11.4 Å². The highest BCUT2D eigenvalue weighted by Gasteiger charge is 2.25. The van der Waals surface area contributed by atoms with Crippen LogP contribution < -0.4 is 5.32 Å². The molecular weight excluding hydrogens is 426 g/mol. The van der Waals surface area contributed by atoms with E-state index < -0.39 is 0 Å². The number of nitrogens with one attached hydrogen (secondary N) is 1. The molecule has 29 heavy (non-hydrogen) atoms. The maximum atomic E-state index is 12.9. The van der Waals surface area contributed by atoms with Crippen molar-refractivity contribution >= 4 is 61.2 Å². The van der Waals surface area contributed by atoms with Gasteiger partial charge in [0.2, 0.25) is 0 Å². The summed E-state index contributed by atoms with van der Waals surface area (Å²) in [7, 11) is 0. The first-order chi connectivity index (χ1) is 13.8. The zero-order valence-corrected chi connectivity index (χ0v) is 18.9. The molecule has 8 heteroatoms. The number of carbonyl (C=O) groups excluding carboxylic acids is 2. The summed E-state index contributed by atoms with van der Waals surface area (Å²) in [6.45, 7) is 8.68. The van der Waals surface area contributed by atoms with Gasteiger partial charge in [0, 0.05) is 23.2 Å².